The third kappa shape index (κ3) is 8.80. The Morgan fingerprint density at radius 3 is 1.81 bits per heavy atom. The molecular weight excluding hydrogens is 939 g/mol. The van der Waals surface area contributed by atoms with Crippen molar-refractivity contribution in [3.05, 3.63) is 278 Å². The molecule has 0 atom stereocenters. The molecule has 77 heavy (non-hydrogen) atoms. The molecule has 0 amide bonds. The van der Waals surface area contributed by atoms with Gasteiger partial charge >= 0.3 is 0 Å². The van der Waals surface area contributed by atoms with Crippen LogP contribution in [0, 0.1) is 12.9 Å². The van der Waals surface area contributed by atoms with Gasteiger partial charge in [-0.25, -0.2) is 9.83 Å². The van der Waals surface area contributed by atoms with Crippen LogP contribution in [0.4, 0.5) is 5.69 Å². The summed E-state index contributed by atoms with van der Waals surface area (Å²) in [7, 11) is 0. The van der Waals surface area contributed by atoms with E-state index in [1.165, 1.54) is 0 Å². The van der Waals surface area contributed by atoms with Gasteiger partial charge in [0.05, 0.1) is 53.7 Å². The van der Waals surface area contributed by atoms with Crippen molar-refractivity contribution < 1.29 is 23.0 Å². The molecule has 0 N–H and O–H groups in total. The Hall–Kier alpha value is -10.1. The van der Waals surface area contributed by atoms with Gasteiger partial charge in [0.15, 0.2) is 5.69 Å². The fraction of sp³-hybridized carbons (Fsp3) is 0.0563. The highest BCUT2D eigenvalue weighted by molar-refractivity contribution is 6.11. The second kappa shape index (κ2) is 19.3. The van der Waals surface area contributed by atoms with Crippen molar-refractivity contribution in [3.8, 4) is 84.3 Å². The fourth-order valence-electron chi connectivity index (χ4n) is 10.2. The maximum Gasteiger partial charge on any atom is 0.269 e. The molecule has 366 valence electrons. The highest BCUT2D eigenvalue weighted by atomic mass is 16.5. The van der Waals surface area contributed by atoms with E-state index in [0.717, 1.165) is 66.6 Å². The highest BCUT2D eigenvalue weighted by Gasteiger charge is 2.22. The first-order valence-electron chi connectivity index (χ1n) is 30.1. The van der Waals surface area contributed by atoms with Gasteiger partial charge in [-0.3, -0.25) is 13.7 Å². The molecule has 0 aliphatic rings. The Morgan fingerprint density at radius 1 is 0.519 bits per heavy atom. The van der Waals surface area contributed by atoms with Crippen LogP contribution < -0.4 is 9.30 Å². The van der Waals surface area contributed by atoms with Gasteiger partial charge in [-0.1, -0.05) is 190 Å². The number of fused-ring (bicyclic) bond motifs is 4. The molecule has 13 rings (SSSR count). The number of hydrogen-bond acceptors (Lipinski definition) is 2. The van der Waals surface area contributed by atoms with E-state index in [9.17, 15) is 0 Å². The zero-order valence-corrected chi connectivity index (χ0v) is 42.1. The summed E-state index contributed by atoms with van der Waals surface area (Å²) in [6.45, 7) is 14.9. The summed E-state index contributed by atoms with van der Waals surface area (Å²) in [4.78, 5) is 8.85. The van der Waals surface area contributed by atoms with E-state index in [-0.39, 0.29) is 39.0 Å². The zero-order chi connectivity index (χ0) is 60.7. The number of para-hydroxylation sites is 3. The van der Waals surface area contributed by atoms with E-state index < -0.39 is 60.4 Å². The lowest BCUT2D eigenvalue weighted by Gasteiger charge is -2.20. The lowest BCUT2D eigenvalue weighted by atomic mass is 9.88. The Labute approximate surface area is 462 Å². The smallest absolute Gasteiger partial charge is 0.269 e. The van der Waals surface area contributed by atoms with Crippen molar-refractivity contribution in [2.24, 2.45) is 0 Å². The van der Waals surface area contributed by atoms with Gasteiger partial charge in [-0.15, -0.1) is 0 Å². The van der Waals surface area contributed by atoms with Gasteiger partial charge in [0, 0.05) is 23.0 Å². The monoisotopic (exact) mass is 999 g/mol. The largest absolute Gasteiger partial charge is 0.459 e. The first kappa shape index (κ1) is 36.8. The van der Waals surface area contributed by atoms with Crippen LogP contribution in [0.1, 0.15) is 40.0 Å². The van der Waals surface area contributed by atoms with E-state index in [0.29, 0.717) is 28.2 Å². The van der Waals surface area contributed by atoms with E-state index in [2.05, 4.69) is 128 Å². The predicted octanol–water partition coefficient (Wildman–Crippen LogP) is 18.2. The summed E-state index contributed by atoms with van der Waals surface area (Å²) < 4.78 is 100. The molecule has 0 spiro atoms. The van der Waals surface area contributed by atoms with Crippen molar-refractivity contribution in [2.45, 2.75) is 26.2 Å². The number of imidazole rings is 1. The minimum Gasteiger partial charge on any atom is -0.459 e. The predicted molar refractivity (Wildman–Crippen MR) is 314 cm³/mol. The van der Waals surface area contributed by atoms with Crippen molar-refractivity contribution in [2.75, 3.05) is 0 Å². The van der Waals surface area contributed by atoms with Crippen LogP contribution in [0.5, 0.6) is 11.5 Å². The average molecular weight is 1000 g/mol. The number of ether oxygens (including phenoxy) is 1. The molecule has 10 aromatic carbocycles. The van der Waals surface area contributed by atoms with E-state index in [1.54, 1.807) is 57.7 Å². The molecule has 0 fully saturated rings. The van der Waals surface area contributed by atoms with Crippen molar-refractivity contribution in [3.63, 3.8) is 0 Å². The van der Waals surface area contributed by atoms with Crippen molar-refractivity contribution >= 4 is 38.5 Å². The highest BCUT2D eigenvalue weighted by Crippen LogP contribution is 2.41. The zero-order valence-electron chi connectivity index (χ0n) is 52.1. The third-order valence-corrected chi connectivity index (χ3v) is 13.9. The molecule has 0 aliphatic heterocycles. The molecule has 0 unspecified atom stereocenters. The molecule has 0 radical (unpaired) electrons. The first-order valence-corrected chi connectivity index (χ1v) is 25.1. The maximum absolute atomic E-state index is 9.11. The number of hydrogen-bond donors (Lipinski definition) is 0. The van der Waals surface area contributed by atoms with E-state index >= 15 is 0 Å². The number of nitrogens with zero attached hydrogens (tertiary/aromatic N) is 5. The Morgan fingerprint density at radius 2 is 1.16 bits per heavy atom. The van der Waals surface area contributed by atoms with Crippen LogP contribution in [0.2, 0.25) is 0 Å². The second-order valence-corrected chi connectivity index (χ2v) is 19.8. The van der Waals surface area contributed by atoms with E-state index in [4.69, 9.17) is 30.0 Å². The quantitative estimate of drug-likeness (QED) is 0.101. The average Bonchev–Trinajstić information content (AvgIpc) is 1.90. The summed E-state index contributed by atoms with van der Waals surface area (Å²) in [6.07, 6.45) is 5.26. The molecule has 3 heterocycles. The molecular formula is C71H51N5O. The Balaban J connectivity index is 0.974. The Kier molecular flexibility index (Phi) is 9.22. The molecule has 3 aromatic heterocycles. The minimum absolute atomic E-state index is 0.109. The van der Waals surface area contributed by atoms with Gasteiger partial charge in [0.2, 0.25) is 0 Å². The van der Waals surface area contributed by atoms with Gasteiger partial charge < -0.3 is 4.74 Å². The van der Waals surface area contributed by atoms with Gasteiger partial charge in [-0.2, -0.15) is 0 Å². The first-order chi connectivity index (χ1) is 41.9. The van der Waals surface area contributed by atoms with E-state index in [1.807, 2.05) is 54.7 Å². The van der Waals surface area contributed by atoms with Crippen LogP contribution in [0.3, 0.4) is 0 Å². The fourth-order valence-corrected chi connectivity index (χ4v) is 10.2. The summed E-state index contributed by atoms with van der Waals surface area (Å²) in [5, 5.41) is 1.97. The van der Waals surface area contributed by atoms with Gasteiger partial charge in [-0.05, 0) is 139 Å². The molecule has 6 heteroatoms. The van der Waals surface area contributed by atoms with Gasteiger partial charge in [0.1, 0.15) is 17.3 Å². The minimum atomic E-state index is -0.593. The maximum atomic E-state index is 9.11. The summed E-state index contributed by atoms with van der Waals surface area (Å²) in [5.41, 5.74) is 10.9. The standard InChI is InChI=1S/C71H51N5O/c1-71(2,3)56-36-37-73-69(42-56)76-65-35-32-52(55-39-53(48-20-9-5-10-21-48)38-54(40-55)49-22-11-6-12-23-49)41-64(65)63-34-33-59(46-68(63)76)77-60-44-57(72-4)43-58(45-60)74-47-75(67-31-18-17-30-66(67)74)70-61(50-24-13-7-14-25-50)28-19-29-62(70)51-26-15-8-16-27-51/h5-46H,1-3H3/i7D,8D,13D,14D,15D,16D,24D,25D,26D,27D. The molecule has 13 aromatic rings. The summed E-state index contributed by atoms with van der Waals surface area (Å²) >= 11 is 0. The summed E-state index contributed by atoms with van der Waals surface area (Å²) in [6, 6.07) is 55.7. The number of aromatic nitrogens is 4. The molecule has 0 bridgehead atoms. The lowest BCUT2D eigenvalue weighted by Crippen LogP contribution is -2.31. The summed E-state index contributed by atoms with van der Waals surface area (Å²) in [5.74, 6) is 1.52. The normalized spacial score (nSPS) is 13.4. The van der Waals surface area contributed by atoms with Crippen LogP contribution in [-0.4, -0.2) is 14.1 Å². The topological polar surface area (TPSA) is 40.2 Å². The third-order valence-electron chi connectivity index (χ3n) is 13.9. The lowest BCUT2D eigenvalue weighted by molar-refractivity contribution is -0.571. The van der Waals surface area contributed by atoms with Crippen molar-refractivity contribution in [1.29, 1.82) is 0 Å². The molecule has 0 saturated carbocycles. The number of rotatable bonds is 10. The SMILES string of the molecule is [2H]c1c([2H])c([2H])c(-c2cccc(-c3c([2H])c([2H])c([2H])c([2H])c3[2H])c2-[n+]2[c-]n(-c3cc([N+]#[C-])cc(Oc4ccc5c6cc(-c7cc(-c8ccccc8)cc(-c8ccccc8)c7)ccc6n(-c6cc(C(C)(C)C)ccn6)c5c4)c3)c3ccccc32)c([2H])c1[2H]. The van der Waals surface area contributed by atoms with Crippen LogP contribution >= 0.6 is 0 Å². The van der Waals surface area contributed by atoms with Crippen LogP contribution in [0.15, 0.2) is 255 Å². The second-order valence-electron chi connectivity index (χ2n) is 19.8. The molecule has 0 aliphatic carbocycles. The van der Waals surface area contributed by atoms with Crippen LogP contribution in [-0.2, 0) is 5.41 Å². The number of benzene rings is 10. The van der Waals surface area contributed by atoms with Crippen LogP contribution in [0.25, 0.3) is 111 Å². The molecule has 0 saturated heterocycles. The van der Waals surface area contributed by atoms with Gasteiger partial charge in [0.25, 0.3) is 6.33 Å². The molecule has 6 nitrogen and oxygen atoms in total. The number of pyridine rings is 1. The van der Waals surface area contributed by atoms with Crippen molar-refractivity contribution in [1.82, 2.24) is 14.1 Å². The Bertz CT molecular complexity index is 4820.